The largest absolute Gasteiger partial charge is 0.478 e. The molecule has 0 spiro atoms. The van der Waals surface area contributed by atoms with E-state index in [2.05, 4.69) is 0 Å². The van der Waals surface area contributed by atoms with E-state index >= 15 is 0 Å². The Balaban J connectivity index is 2.43. The van der Waals surface area contributed by atoms with Gasteiger partial charge in [-0.15, -0.1) is 0 Å². The molecular formula is C12H14FNO3. The Labute approximate surface area is 98.3 Å². The Morgan fingerprint density at radius 3 is 2.71 bits per heavy atom. The maximum absolute atomic E-state index is 13.8. The first-order valence-electron chi connectivity index (χ1n) is 5.54. The molecule has 0 heterocycles. The number of benzene rings is 1. The van der Waals surface area contributed by atoms with Crippen LogP contribution in [0.3, 0.4) is 0 Å². The third-order valence-corrected chi connectivity index (χ3v) is 2.83. The summed E-state index contributed by atoms with van der Waals surface area (Å²) in [6.07, 6.45) is 1.82. The molecule has 1 saturated carbocycles. The van der Waals surface area contributed by atoms with Gasteiger partial charge in [0.2, 0.25) is 0 Å². The molecule has 17 heavy (non-hydrogen) atoms. The monoisotopic (exact) mass is 239 g/mol. The van der Waals surface area contributed by atoms with Crippen molar-refractivity contribution in [3.8, 4) is 0 Å². The molecule has 0 aromatic heterocycles. The van der Waals surface area contributed by atoms with E-state index in [0.29, 0.717) is 0 Å². The predicted octanol–water partition coefficient (Wildman–Crippen LogP) is 1.49. The average Bonchev–Trinajstić information content (AvgIpc) is 3.10. The van der Waals surface area contributed by atoms with Crippen molar-refractivity contribution in [1.29, 1.82) is 0 Å². The second-order valence-corrected chi connectivity index (χ2v) is 4.09. The summed E-state index contributed by atoms with van der Waals surface area (Å²) in [4.78, 5) is 12.7. The highest BCUT2D eigenvalue weighted by atomic mass is 19.1. The highest BCUT2D eigenvalue weighted by molar-refractivity contribution is 5.94. The third kappa shape index (κ3) is 2.39. The van der Waals surface area contributed by atoms with Gasteiger partial charge in [-0.3, -0.25) is 0 Å². The Morgan fingerprint density at radius 2 is 2.18 bits per heavy atom. The third-order valence-electron chi connectivity index (χ3n) is 2.83. The molecule has 0 amide bonds. The first kappa shape index (κ1) is 11.9. The van der Waals surface area contributed by atoms with Crippen molar-refractivity contribution in [3.63, 3.8) is 0 Å². The van der Waals surface area contributed by atoms with E-state index in [1.54, 1.807) is 4.90 Å². The Hall–Kier alpha value is -1.62. The number of hydrogen-bond donors (Lipinski definition) is 2. The van der Waals surface area contributed by atoms with Gasteiger partial charge in [-0.1, -0.05) is 6.07 Å². The van der Waals surface area contributed by atoms with E-state index in [4.69, 9.17) is 10.2 Å². The van der Waals surface area contributed by atoms with Gasteiger partial charge in [-0.25, -0.2) is 9.18 Å². The Kier molecular flexibility index (Phi) is 3.28. The molecule has 5 heteroatoms. The summed E-state index contributed by atoms with van der Waals surface area (Å²) in [5.41, 5.74) is 0.0434. The second kappa shape index (κ2) is 4.71. The molecule has 2 rings (SSSR count). The number of para-hydroxylation sites is 1. The second-order valence-electron chi connectivity index (χ2n) is 4.09. The summed E-state index contributed by atoms with van der Waals surface area (Å²) in [6.45, 7) is 0.135. The van der Waals surface area contributed by atoms with E-state index in [0.717, 1.165) is 12.8 Å². The summed E-state index contributed by atoms with van der Waals surface area (Å²) >= 11 is 0. The van der Waals surface area contributed by atoms with Crippen LogP contribution in [0.25, 0.3) is 0 Å². The van der Waals surface area contributed by atoms with Crippen LogP contribution in [0.2, 0.25) is 0 Å². The van der Waals surface area contributed by atoms with Crippen molar-refractivity contribution < 1.29 is 19.4 Å². The molecule has 0 unspecified atom stereocenters. The van der Waals surface area contributed by atoms with E-state index < -0.39 is 11.8 Å². The number of aromatic carboxylic acids is 1. The SMILES string of the molecule is O=C(O)c1cccc(F)c1N(CCO)C1CC1. The van der Waals surface area contributed by atoms with Gasteiger partial charge in [0.25, 0.3) is 0 Å². The van der Waals surface area contributed by atoms with E-state index in [9.17, 15) is 9.18 Å². The topological polar surface area (TPSA) is 60.8 Å². The fraction of sp³-hybridized carbons (Fsp3) is 0.417. The molecule has 0 atom stereocenters. The zero-order valence-corrected chi connectivity index (χ0v) is 9.27. The predicted molar refractivity (Wildman–Crippen MR) is 60.8 cm³/mol. The number of carboxylic acids is 1. The van der Waals surface area contributed by atoms with Gasteiger partial charge in [-0.2, -0.15) is 0 Å². The van der Waals surface area contributed by atoms with Crippen molar-refractivity contribution in [2.75, 3.05) is 18.1 Å². The molecule has 0 aliphatic heterocycles. The lowest BCUT2D eigenvalue weighted by Crippen LogP contribution is -2.31. The molecule has 0 saturated heterocycles. The van der Waals surface area contributed by atoms with E-state index in [-0.39, 0.29) is 30.4 Å². The summed E-state index contributed by atoms with van der Waals surface area (Å²) in [5, 5.41) is 18.0. The Morgan fingerprint density at radius 1 is 1.47 bits per heavy atom. The van der Waals surface area contributed by atoms with Gasteiger partial charge in [0.1, 0.15) is 5.82 Å². The molecule has 1 fully saturated rings. The van der Waals surface area contributed by atoms with Crippen molar-refractivity contribution in [1.82, 2.24) is 0 Å². The zero-order valence-electron chi connectivity index (χ0n) is 9.27. The van der Waals surface area contributed by atoms with Crippen molar-refractivity contribution in [2.24, 2.45) is 0 Å². The number of nitrogens with zero attached hydrogens (tertiary/aromatic N) is 1. The number of halogens is 1. The van der Waals surface area contributed by atoms with E-state index in [1.165, 1.54) is 18.2 Å². The number of hydrogen-bond acceptors (Lipinski definition) is 3. The molecule has 1 aromatic rings. The van der Waals surface area contributed by atoms with Crippen molar-refractivity contribution in [3.05, 3.63) is 29.6 Å². The molecule has 2 N–H and O–H groups in total. The lowest BCUT2D eigenvalue weighted by Gasteiger charge is -2.25. The number of carbonyl (C=O) groups is 1. The summed E-state index contributed by atoms with van der Waals surface area (Å²) in [7, 11) is 0. The normalized spacial score (nSPS) is 14.7. The maximum Gasteiger partial charge on any atom is 0.337 e. The van der Waals surface area contributed by atoms with Crippen LogP contribution in [0.15, 0.2) is 18.2 Å². The van der Waals surface area contributed by atoms with Gasteiger partial charge < -0.3 is 15.1 Å². The van der Waals surface area contributed by atoms with Crippen molar-refractivity contribution >= 4 is 11.7 Å². The quantitative estimate of drug-likeness (QED) is 0.817. The number of carboxylic acid groups (broad SMARTS) is 1. The fourth-order valence-corrected chi connectivity index (χ4v) is 1.95. The molecule has 4 nitrogen and oxygen atoms in total. The van der Waals surface area contributed by atoms with Crippen LogP contribution in [0.5, 0.6) is 0 Å². The van der Waals surface area contributed by atoms with Crippen LogP contribution >= 0.6 is 0 Å². The number of aliphatic hydroxyl groups excluding tert-OH is 1. The number of rotatable bonds is 5. The molecule has 1 aliphatic rings. The van der Waals surface area contributed by atoms with E-state index in [1.807, 2.05) is 0 Å². The standard InChI is InChI=1S/C12H14FNO3/c13-10-3-1-2-9(12(16)17)11(10)14(6-7-15)8-4-5-8/h1-3,8,15H,4-7H2,(H,16,17). The number of anilines is 1. The minimum absolute atomic E-state index is 0.0506. The maximum atomic E-state index is 13.8. The first-order chi connectivity index (χ1) is 8.15. The highest BCUT2D eigenvalue weighted by Gasteiger charge is 2.32. The van der Waals surface area contributed by atoms with Crippen LogP contribution in [-0.4, -0.2) is 35.4 Å². The van der Waals surface area contributed by atoms with Gasteiger partial charge >= 0.3 is 5.97 Å². The lowest BCUT2D eigenvalue weighted by molar-refractivity contribution is 0.0697. The van der Waals surface area contributed by atoms with Crippen LogP contribution in [-0.2, 0) is 0 Å². The summed E-state index contributed by atoms with van der Waals surface area (Å²) in [6, 6.07) is 4.16. The van der Waals surface area contributed by atoms with Gasteiger partial charge in [0.05, 0.1) is 17.9 Å². The smallest absolute Gasteiger partial charge is 0.337 e. The van der Waals surface area contributed by atoms with Gasteiger partial charge in [-0.05, 0) is 25.0 Å². The lowest BCUT2D eigenvalue weighted by atomic mass is 10.1. The van der Waals surface area contributed by atoms with Gasteiger partial charge in [0, 0.05) is 12.6 Å². The number of aliphatic hydroxyl groups is 1. The molecule has 1 aliphatic carbocycles. The zero-order chi connectivity index (χ0) is 12.4. The fourth-order valence-electron chi connectivity index (χ4n) is 1.95. The minimum atomic E-state index is -1.15. The van der Waals surface area contributed by atoms with Crippen molar-refractivity contribution in [2.45, 2.75) is 18.9 Å². The Bertz CT molecular complexity index is 432. The molecule has 92 valence electrons. The molecular weight excluding hydrogens is 225 g/mol. The highest BCUT2D eigenvalue weighted by Crippen LogP contribution is 2.35. The van der Waals surface area contributed by atoms with Gasteiger partial charge in [0.15, 0.2) is 0 Å². The minimum Gasteiger partial charge on any atom is -0.478 e. The van der Waals surface area contributed by atoms with Crippen LogP contribution in [0.4, 0.5) is 10.1 Å². The van der Waals surface area contributed by atoms with Crippen LogP contribution in [0, 0.1) is 5.82 Å². The molecule has 0 radical (unpaired) electrons. The summed E-state index contributed by atoms with van der Waals surface area (Å²) < 4.78 is 13.8. The first-order valence-corrected chi connectivity index (χ1v) is 5.54. The molecule has 0 bridgehead atoms. The average molecular weight is 239 g/mol. The summed E-state index contributed by atoms with van der Waals surface area (Å²) in [5.74, 6) is -1.70. The molecule has 1 aromatic carbocycles. The van der Waals surface area contributed by atoms with Crippen LogP contribution in [0.1, 0.15) is 23.2 Å². The van der Waals surface area contributed by atoms with Crippen LogP contribution < -0.4 is 4.90 Å².